The number of aryl methyl sites for hydroxylation is 1. The monoisotopic (exact) mass is 620 g/mol. The number of hydrogen-bond acceptors (Lipinski definition) is 8. The molecule has 2 aromatic carbocycles. The van der Waals surface area contributed by atoms with E-state index in [2.05, 4.69) is 15.7 Å². The lowest BCUT2D eigenvalue weighted by Crippen LogP contribution is -2.51. The Morgan fingerprint density at radius 2 is 1.67 bits per heavy atom. The van der Waals surface area contributed by atoms with Crippen molar-refractivity contribution in [2.24, 2.45) is 5.92 Å². The van der Waals surface area contributed by atoms with E-state index >= 15 is 0 Å². The minimum absolute atomic E-state index is 0.102. The zero-order valence-electron chi connectivity index (χ0n) is 27.0. The van der Waals surface area contributed by atoms with Gasteiger partial charge in [0, 0.05) is 31.6 Å². The molecule has 0 unspecified atom stereocenters. The number of rotatable bonds is 8. The van der Waals surface area contributed by atoms with Crippen LogP contribution in [0, 0.1) is 12.8 Å². The largest absolute Gasteiger partial charge is 0.496 e. The number of hydrogen-bond donors (Lipinski definition) is 2. The molecule has 45 heavy (non-hydrogen) atoms. The molecule has 12 nitrogen and oxygen atoms in total. The van der Waals surface area contributed by atoms with Crippen LogP contribution in [0.4, 0.5) is 0 Å². The lowest BCUT2D eigenvalue weighted by Gasteiger charge is -2.28. The standard InChI is InChI=1S/C33H44N6O6/c1-7-21(2)30-32(41)35-25(18-23-12-9-8-10-13-23)31-34-22(3)37-39(31)17-16-38(15-11-14-29(40)36-30)33(42)24-19-27(44-5)28(45-6)20-26(24)43-4/h8-10,12-13,19-21,25,30H,7,11,14-18H2,1-6H3,(H,35,41)(H,36,40)/t21-,25-,30-/m0/s1. The Hall–Kier alpha value is -4.61. The minimum atomic E-state index is -0.727. The number of benzene rings is 2. The molecule has 2 N–H and O–H groups in total. The topological polar surface area (TPSA) is 137 Å². The molecule has 0 spiro atoms. The van der Waals surface area contributed by atoms with Crippen LogP contribution in [0.1, 0.15) is 66.7 Å². The van der Waals surface area contributed by atoms with E-state index in [-0.39, 0.29) is 36.6 Å². The molecule has 242 valence electrons. The minimum Gasteiger partial charge on any atom is -0.496 e. The Kier molecular flexibility index (Phi) is 11.4. The average molecular weight is 621 g/mol. The van der Waals surface area contributed by atoms with Gasteiger partial charge in [0.25, 0.3) is 5.91 Å². The van der Waals surface area contributed by atoms with E-state index in [0.717, 1.165) is 5.56 Å². The molecule has 3 atom stereocenters. The Labute approximate surface area is 264 Å². The highest BCUT2D eigenvalue weighted by Crippen LogP contribution is 2.35. The van der Waals surface area contributed by atoms with Crippen LogP contribution in [0.25, 0.3) is 0 Å². The van der Waals surface area contributed by atoms with Crippen LogP contribution in [0.2, 0.25) is 0 Å². The molecule has 1 aromatic heterocycles. The van der Waals surface area contributed by atoms with Gasteiger partial charge in [-0.05, 0) is 31.2 Å². The summed E-state index contributed by atoms with van der Waals surface area (Å²) in [7, 11) is 4.51. The van der Waals surface area contributed by atoms with E-state index in [1.807, 2.05) is 44.2 Å². The van der Waals surface area contributed by atoms with Crippen molar-refractivity contribution in [2.45, 2.75) is 65.1 Å². The number of fused-ring (bicyclic) bond motifs is 1. The fourth-order valence-corrected chi connectivity index (χ4v) is 5.49. The third-order valence-electron chi connectivity index (χ3n) is 8.17. The summed E-state index contributed by atoms with van der Waals surface area (Å²) in [6.45, 7) is 6.62. The maximum Gasteiger partial charge on any atom is 0.257 e. The molecule has 4 rings (SSSR count). The van der Waals surface area contributed by atoms with Crippen LogP contribution in [0.15, 0.2) is 42.5 Å². The quantitative estimate of drug-likeness (QED) is 0.391. The zero-order chi connectivity index (χ0) is 32.5. The molecule has 1 aliphatic heterocycles. The summed E-state index contributed by atoms with van der Waals surface area (Å²) in [4.78, 5) is 47.3. The van der Waals surface area contributed by atoms with Crippen molar-refractivity contribution in [3.05, 3.63) is 65.2 Å². The highest BCUT2D eigenvalue weighted by Gasteiger charge is 2.31. The lowest BCUT2D eigenvalue weighted by atomic mass is 9.97. The molecule has 3 amide bonds. The molecular formula is C33H44N6O6. The molecule has 2 heterocycles. The van der Waals surface area contributed by atoms with Gasteiger partial charge in [0.15, 0.2) is 11.5 Å². The van der Waals surface area contributed by atoms with Crippen LogP contribution in [0.3, 0.4) is 0 Å². The third kappa shape index (κ3) is 8.11. The fourth-order valence-electron chi connectivity index (χ4n) is 5.49. The SMILES string of the molecule is CC[C@H](C)[C@@H]1NC(=O)CCCN(C(=O)c2cc(OC)c(OC)cc2OC)CCn2nc(C)nc2[C@H](Cc2ccccc2)NC1=O. The number of methoxy groups -OCH3 is 3. The summed E-state index contributed by atoms with van der Waals surface area (Å²) < 4.78 is 18.2. The van der Waals surface area contributed by atoms with Gasteiger partial charge < -0.3 is 29.7 Å². The molecule has 3 aromatic rings. The summed E-state index contributed by atoms with van der Waals surface area (Å²) in [6.07, 6.45) is 1.71. The summed E-state index contributed by atoms with van der Waals surface area (Å²) in [5.41, 5.74) is 1.32. The Bertz CT molecular complexity index is 1480. The zero-order valence-corrected chi connectivity index (χ0v) is 27.0. The van der Waals surface area contributed by atoms with Crippen LogP contribution < -0.4 is 24.8 Å². The van der Waals surface area contributed by atoms with Crippen LogP contribution in [-0.2, 0) is 22.6 Å². The van der Waals surface area contributed by atoms with Crippen molar-refractivity contribution in [2.75, 3.05) is 34.4 Å². The molecule has 0 bridgehead atoms. The Morgan fingerprint density at radius 1 is 0.978 bits per heavy atom. The number of amides is 3. The van der Waals surface area contributed by atoms with Crippen LogP contribution >= 0.6 is 0 Å². The van der Waals surface area contributed by atoms with E-state index in [0.29, 0.717) is 66.8 Å². The van der Waals surface area contributed by atoms with E-state index in [1.54, 1.807) is 28.6 Å². The van der Waals surface area contributed by atoms with E-state index in [9.17, 15) is 14.4 Å². The Morgan fingerprint density at radius 3 is 2.33 bits per heavy atom. The van der Waals surface area contributed by atoms with Crippen molar-refractivity contribution in [1.82, 2.24) is 30.3 Å². The van der Waals surface area contributed by atoms with Gasteiger partial charge in [-0.15, -0.1) is 0 Å². The summed E-state index contributed by atoms with van der Waals surface area (Å²) in [5.74, 6) is 1.40. The highest BCUT2D eigenvalue weighted by molar-refractivity contribution is 5.98. The summed E-state index contributed by atoms with van der Waals surface area (Å²) in [5, 5.41) is 10.8. The highest BCUT2D eigenvalue weighted by atomic mass is 16.5. The number of carbonyl (C=O) groups is 3. The number of ether oxygens (including phenoxy) is 3. The van der Waals surface area contributed by atoms with Gasteiger partial charge in [-0.3, -0.25) is 14.4 Å². The smallest absolute Gasteiger partial charge is 0.257 e. The van der Waals surface area contributed by atoms with E-state index < -0.39 is 12.1 Å². The van der Waals surface area contributed by atoms with Crippen LogP contribution in [0.5, 0.6) is 17.2 Å². The predicted octanol–water partition coefficient (Wildman–Crippen LogP) is 3.48. The molecule has 0 saturated heterocycles. The first kappa shape index (κ1) is 33.3. The van der Waals surface area contributed by atoms with Gasteiger partial charge in [0.05, 0.1) is 39.5 Å². The Balaban J connectivity index is 1.74. The molecular weight excluding hydrogens is 576 g/mol. The second-order valence-electron chi connectivity index (χ2n) is 11.2. The van der Waals surface area contributed by atoms with Gasteiger partial charge in [0.2, 0.25) is 11.8 Å². The normalized spacial score (nSPS) is 18.6. The van der Waals surface area contributed by atoms with Gasteiger partial charge in [-0.25, -0.2) is 9.67 Å². The van der Waals surface area contributed by atoms with Gasteiger partial charge >= 0.3 is 0 Å². The first-order valence-corrected chi connectivity index (χ1v) is 15.3. The van der Waals surface area contributed by atoms with Gasteiger partial charge in [0.1, 0.15) is 23.4 Å². The number of carbonyl (C=O) groups excluding carboxylic acids is 3. The maximum absolute atomic E-state index is 14.1. The number of nitrogens with one attached hydrogen (secondary N) is 2. The maximum atomic E-state index is 14.1. The van der Waals surface area contributed by atoms with Crippen molar-refractivity contribution >= 4 is 17.7 Å². The lowest BCUT2D eigenvalue weighted by molar-refractivity contribution is -0.130. The fraction of sp³-hybridized carbons (Fsp3) is 0.485. The third-order valence-corrected chi connectivity index (χ3v) is 8.17. The summed E-state index contributed by atoms with van der Waals surface area (Å²) in [6, 6.07) is 11.8. The van der Waals surface area contributed by atoms with Crippen molar-refractivity contribution in [3.63, 3.8) is 0 Å². The molecule has 0 radical (unpaired) electrons. The number of nitrogens with zero attached hydrogens (tertiary/aromatic N) is 4. The molecule has 0 saturated carbocycles. The average Bonchev–Trinajstić information content (AvgIpc) is 3.43. The van der Waals surface area contributed by atoms with E-state index in [4.69, 9.17) is 19.2 Å². The molecule has 0 aliphatic carbocycles. The van der Waals surface area contributed by atoms with Crippen LogP contribution in [-0.4, -0.2) is 77.8 Å². The first-order chi connectivity index (χ1) is 21.7. The number of aromatic nitrogens is 3. The summed E-state index contributed by atoms with van der Waals surface area (Å²) >= 11 is 0. The van der Waals surface area contributed by atoms with E-state index in [1.165, 1.54) is 21.3 Å². The van der Waals surface area contributed by atoms with Crippen molar-refractivity contribution < 1.29 is 28.6 Å². The first-order valence-electron chi connectivity index (χ1n) is 15.3. The van der Waals surface area contributed by atoms with Gasteiger partial charge in [-0.2, -0.15) is 5.10 Å². The molecule has 12 heteroatoms. The second-order valence-corrected chi connectivity index (χ2v) is 11.2. The van der Waals surface area contributed by atoms with Crippen molar-refractivity contribution in [3.8, 4) is 17.2 Å². The predicted molar refractivity (Wildman–Crippen MR) is 168 cm³/mol. The van der Waals surface area contributed by atoms with Gasteiger partial charge in [-0.1, -0.05) is 50.6 Å². The molecule has 0 fully saturated rings. The second kappa shape index (κ2) is 15.4. The molecule has 1 aliphatic rings. The van der Waals surface area contributed by atoms with Crippen molar-refractivity contribution in [1.29, 1.82) is 0 Å².